The van der Waals surface area contributed by atoms with Crippen LogP contribution in [0.15, 0.2) is 33.1 Å². The van der Waals surface area contributed by atoms with Gasteiger partial charge in [-0.3, -0.25) is 4.79 Å². The van der Waals surface area contributed by atoms with Gasteiger partial charge in [0.2, 0.25) is 5.91 Å². The molecule has 1 amide bonds. The fourth-order valence-corrected chi connectivity index (χ4v) is 2.28. The predicted molar refractivity (Wildman–Crippen MR) is 83.2 cm³/mol. The number of carbonyl (C=O) groups excluding carboxylic acids is 1. The zero-order chi connectivity index (χ0) is 16.3. The summed E-state index contributed by atoms with van der Waals surface area (Å²) < 4.78 is 10.8. The van der Waals surface area contributed by atoms with Crippen molar-refractivity contribution in [3.05, 3.63) is 52.9 Å². The number of furan rings is 2. The van der Waals surface area contributed by atoms with Crippen molar-refractivity contribution in [3.8, 4) is 0 Å². The lowest BCUT2D eigenvalue weighted by Gasteiger charge is -2.22. The van der Waals surface area contributed by atoms with Gasteiger partial charge in [0.25, 0.3) is 0 Å². The van der Waals surface area contributed by atoms with Crippen molar-refractivity contribution in [3.63, 3.8) is 0 Å². The average molecular weight is 303 g/mol. The SMILES string of the molecule is Cc1ccc(C=CC(=O)NCC(C)(O)c2cc(C)oc2C)o1. The molecule has 0 aliphatic carbocycles. The quantitative estimate of drug-likeness (QED) is 0.833. The second-order valence-electron chi connectivity index (χ2n) is 5.60. The van der Waals surface area contributed by atoms with Crippen molar-refractivity contribution in [2.75, 3.05) is 6.54 Å². The Hall–Kier alpha value is -2.27. The molecule has 0 radical (unpaired) electrons. The molecular formula is C17H21NO4. The molecule has 0 aliphatic rings. The minimum atomic E-state index is -1.19. The molecule has 22 heavy (non-hydrogen) atoms. The van der Waals surface area contributed by atoms with Crippen LogP contribution in [0.25, 0.3) is 6.08 Å². The topological polar surface area (TPSA) is 75.6 Å². The standard InChI is InChI=1S/C17H21NO4/c1-11-5-6-14(22-11)7-8-16(19)18-10-17(4,20)15-9-12(2)21-13(15)3/h5-9,20H,10H2,1-4H3,(H,18,19). The maximum absolute atomic E-state index is 11.8. The van der Waals surface area contributed by atoms with E-state index in [4.69, 9.17) is 8.83 Å². The molecule has 0 aromatic carbocycles. The summed E-state index contributed by atoms with van der Waals surface area (Å²) in [5, 5.41) is 13.2. The van der Waals surface area contributed by atoms with Gasteiger partial charge < -0.3 is 19.3 Å². The van der Waals surface area contributed by atoms with E-state index in [-0.39, 0.29) is 12.5 Å². The highest BCUT2D eigenvalue weighted by molar-refractivity contribution is 5.91. The molecule has 2 aromatic heterocycles. The van der Waals surface area contributed by atoms with Crippen molar-refractivity contribution < 1.29 is 18.7 Å². The monoisotopic (exact) mass is 303 g/mol. The number of aryl methyl sites for hydroxylation is 3. The Morgan fingerprint density at radius 3 is 2.55 bits per heavy atom. The molecule has 5 heteroatoms. The summed E-state index contributed by atoms with van der Waals surface area (Å²) in [5.74, 6) is 2.48. The Morgan fingerprint density at radius 1 is 1.27 bits per heavy atom. The van der Waals surface area contributed by atoms with E-state index in [2.05, 4.69) is 5.32 Å². The molecule has 0 fully saturated rings. The summed E-state index contributed by atoms with van der Waals surface area (Å²) in [5.41, 5.74) is -0.511. The van der Waals surface area contributed by atoms with Crippen LogP contribution in [0.1, 0.15) is 35.5 Å². The largest absolute Gasteiger partial charge is 0.466 e. The normalized spacial score (nSPS) is 14.2. The third-order valence-electron chi connectivity index (χ3n) is 3.39. The molecule has 2 heterocycles. The predicted octanol–water partition coefficient (Wildman–Crippen LogP) is 2.83. The Morgan fingerprint density at radius 2 is 2.00 bits per heavy atom. The first-order chi connectivity index (χ1) is 10.3. The number of nitrogens with one attached hydrogen (secondary N) is 1. The second kappa shape index (κ2) is 6.23. The zero-order valence-corrected chi connectivity index (χ0v) is 13.3. The van der Waals surface area contributed by atoms with E-state index in [1.807, 2.05) is 19.9 Å². The molecule has 0 saturated carbocycles. The van der Waals surface area contributed by atoms with Crippen molar-refractivity contribution in [1.82, 2.24) is 5.32 Å². The Balaban J connectivity index is 1.95. The smallest absolute Gasteiger partial charge is 0.244 e. The first-order valence-electron chi connectivity index (χ1n) is 7.10. The molecular weight excluding hydrogens is 282 g/mol. The number of carbonyl (C=O) groups is 1. The molecule has 2 aromatic rings. The van der Waals surface area contributed by atoms with Gasteiger partial charge in [0.15, 0.2) is 0 Å². The molecule has 2 rings (SSSR count). The third kappa shape index (κ3) is 3.89. The van der Waals surface area contributed by atoms with E-state index in [1.165, 1.54) is 6.08 Å². The summed E-state index contributed by atoms with van der Waals surface area (Å²) in [4.78, 5) is 11.8. The van der Waals surface area contributed by atoms with Crippen molar-refractivity contribution in [2.24, 2.45) is 0 Å². The maximum Gasteiger partial charge on any atom is 0.244 e. The minimum Gasteiger partial charge on any atom is -0.466 e. The molecule has 1 unspecified atom stereocenters. The van der Waals surface area contributed by atoms with Gasteiger partial charge in [0, 0.05) is 11.6 Å². The number of amides is 1. The lowest BCUT2D eigenvalue weighted by molar-refractivity contribution is -0.117. The van der Waals surface area contributed by atoms with Gasteiger partial charge in [-0.25, -0.2) is 0 Å². The van der Waals surface area contributed by atoms with Gasteiger partial charge >= 0.3 is 0 Å². The van der Waals surface area contributed by atoms with Crippen molar-refractivity contribution in [2.45, 2.75) is 33.3 Å². The average Bonchev–Trinajstić information content (AvgIpc) is 3.00. The Labute approximate surface area is 129 Å². The highest BCUT2D eigenvalue weighted by atomic mass is 16.3. The first-order valence-corrected chi connectivity index (χ1v) is 7.10. The third-order valence-corrected chi connectivity index (χ3v) is 3.39. The molecule has 0 saturated heterocycles. The maximum atomic E-state index is 11.8. The van der Waals surface area contributed by atoms with Crippen LogP contribution >= 0.6 is 0 Å². The summed E-state index contributed by atoms with van der Waals surface area (Å²) in [6.07, 6.45) is 2.96. The van der Waals surface area contributed by atoms with E-state index in [0.717, 1.165) is 11.5 Å². The van der Waals surface area contributed by atoms with E-state index in [0.29, 0.717) is 17.1 Å². The van der Waals surface area contributed by atoms with Crippen LogP contribution in [0.5, 0.6) is 0 Å². The van der Waals surface area contributed by atoms with Crippen LogP contribution in [-0.4, -0.2) is 17.6 Å². The highest BCUT2D eigenvalue weighted by Gasteiger charge is 2.27. The number of hydrogen-bond donors (Lipinski definition) is 2. The minimum absolute atomic E-state index is 0.0904. The number of rotatable bonds is 5. The first kappa shape index (κ1) is 16.1. The zero-order valence-electron chi connectivity index (χ0n) is 13.3. The number of hydrogen-bond acceptors (Lipinski definition) is 4. The molecule has 5 nitrogen and oxygen atoms in total. The molecule has 0 spiro atoms. The summed E-state index contributed by atoms with van der Waals surface area (Å²) in [6, 6.07) is 5.39. The summed E-state index contributed by atoms with van der Waals surface area (Å²) >= 11 is 0. The summed E-state index contributed by atoms with van der Waals surface area (Å²) in [7, 11) is 0. The molecule has 0 bridgehead atoms. The molecule has 118 valence electrons. The molecule has 0 aliphatic heterocycles. The van der Waals surface area contributed by atoms with Crippen LogP contribution in [0.2, 0.25) is 0 Å². The van der Waals surface area contributed by atoms with Crippen molar-refractivity contribution in [1.29, 1.82) is 0 Å². The van der Waals surface area contributed by atoms with Gasteiger partial charge in [-0.05, 0) is 52.0 Å². The van der Waals surface area contributed by atoms with Gasteiger partial charge in [-0.1, -0.05) is 0 Å². The fourth-order valence-electron chi connectivity index (χ4n) is 2.28. The van der Waals surface area contributed by atoms with Gasteiger partial charge in [0.05, 0.1) is 6.54 Å². The van der Waals surface area contributed by atoms with Crippen molar-refractivity contribution >= 4 is 12.0 Å². The second-order valence-corrected chi connectivity index (χ2v) is 5.60. The van der Waals surface area contributed by atoms with E-state index >= 15 is 0 Å². The van der Waals surface area contributed by atoms with E-state index in [9.17, 15) is 9.90 Å². The van der Waals surface area contributed by atoms with Gasteiger partial charge in [-0.15, -0.1) is 0 Å². The van der Waals surface area contributed by atoms with E-state index in [1.54, 1.807) is 32.1 Å². The van der Waals surface area contributed by atoms with Crippen LogP contribution in [0.3, 0.4) is 0 Å². The van der Waals surface area contributed by atoms with Gasteiger partial charge in [0.1, 0.15) is 28.6 Å². The lowest BCUT2D eigenvalue weighted by atomic mass is 9.96. The highest BCUT2D eigenvalue weighted by Crippen LogP contribution is 2.26. The number of aliphatic hydroxyl groups is 1. The fraction of sp³-hybridized carbons (Fsp3) is 0.353. The van der Waals surface area contributed by atoms with Crippen LogP contribution in [-0.2, 0) is 10.4 Å². The van der Waals surface area contributed by atoms with Crippen LogP contribution in [0, 0.1) is 20.8 Å². The Kier molecular flexibility index (Phi) is 4.56. The van der Waals surface area contributed by atoms with Gasteiger partial charge in [-0.2, -0.15) is 0 Å². The van der Waals surface area contributed by atoms with E-state index < -0.39 is 5.60 Å². The van der Waals surface area contributed by atoms with Crippen LogP contribution < -0.4 is 5.32 Å². The van der Waals surface area contributed by atoms with Crippen LogP contribution in [0.4, 0.5) is 0 Å². The Bertz CT molecular complexity index is 691. The summed E-state index contributed by atoms with van der Waals surface area (Å²) in [6.45, 7) is 7.18. The molecule has 2 N–H and O–H groups in total. The molecule has 1 atom stereocenters. The lowest BCUT2D eigenvalue weighted by Crippen LogP contribution is -2.38.